The number of rotatable bonds is 4. The third-order valence-electron chi connectivity index (χ3n) is 4.33. The van der Waals surface area contributed by atoms with E-state index in [4.69, 9.17) is 4.42 Å². The van der Waals surface area contributed by atoms with Gasteiger partial charge in [0.15, 0.2) is 0 Å². The van der Waals surface area contributed by atoms with Crippen LogP contribution in [0.3, 0.4) is 0 Å². The highest BCUT2D eigenvalue weighted by Gasteiger charge is 2.36. The maximum Gasteiger partial charge on any atom is 0.117 e. The predicted molar refractivity (Wildman–Crippen MR) is 68.9 cm³/mol. The Morgan fingerprint density at radius 2 is 2.00 bits per heavy atom. The first-order chi connectivity index (χ1) is 8.33. The standard InChI is InChI=1S/C15H23NO/c1-11-9-14(11)15-8-7-13(17-15)10-16-12-5-3-2-4-6-12/h7-8,11-12,14,16H,2-6,9-10H2,1H3. The zero-order valence-corrected chi connectivity index (χ0v) is 10.7. The van der Waals surface area contributed by atoms with Gasteiger partial charge in [-0.25, -0.2) is 0 Å². The number of hydrogen-bond donors (Lipinski definition) is 1. The molecule has 94 valence electrons. The van der Waals surface area contributed by atoms with Crippen molar-refractivity contribution in [3.05, 3.63) is 23.7 Å². The Labute approximate surface area is 104 Å². The van der Waals surface area contributed by atoms with Gasteiger partial charge in [0, 0.05) is 12.0 Å². The smallest absolute Gasteiger partial charge is 0.117 e. The van der Waals surface area contributed by atoms with Crippen LogP contribution in [-0.2, 0) is 6.54 Å². The SMILES string of the molecule is CC1CC1c1ccc(CNC2CCCCC2)o1. The molecule has 17 heavy (non-hydrogen) atoms. The molecule has 0 aromatic carbocycles. The molecule has 0 aliphatic heterocycles. The zero-order chi connectivity index (χ0) is 11.7. The Morgan fingerprint density at radius 1 is 1.24 bits per heavy atom. The Balaban J connectivity index is 1.49. The third kappa shape index (κ3) is 2.74. The second-order valence-electron chi connectivity index (χ2n) is 5.84. The summed E-state index contributed by atoms with van der Waals surface area (Å²) in [7, 11) is 0. The molecule has 0 saturated heterocycles. The van der Waals surface area contributed by atoms with Crippen molar-refractivity contribution in [3.63, 3.8) is 0 Å². The minimum absolute atomic E-state index is 0.707. The van der Waals surface area contributed by atoms with Crippen molar-refractivity contribution in [2.75, 3.05) is 0 Å². The molecule has 0 spiro atoms. The summed E-state index contributed by atoms with van der Waals surface area (Å²) in [5.41, 5.74) is 0. The van der Waals surface area contributed by atoms with Crippen molar-refractivity contribution in [2.24, 2.45) is 5.92 Å². The Bertz CT molecular complexity index is 365. The lowest BCUT2D eigenvalue weighted by Gasteiger charge is -2.22. The van der Waals surface area contributed by atoms with Crippen LogP contribution in [0.2, 0.25) is 0 Å². The molecule has 1 heterocycles. The van der Waals surface area contributed by atoms with E-state index in [9.17, 15) is 0 Å². The first-order valence-electron chi connectivity index (χ1n) is 7.15. The molecule has 2 saturated carbocycles. The van der Waals surface area contributed by atoms with Gasteiger partial charge >= 0.3 is 0 Å². The highest BCUT2D eigenvalue weighted by Crippen LogP contribution is 2.47. The quantitative estimate of drug-likeness (QED) is 0.855. The zero-order valence-electron chi connectivity index (χ0n) is 10.7. The summed E-state index contributed by atoms with van der Waals surface area (Å²) in [6, 6.07) is 5.04. The van der Waals surface area contributed by atoms with Crippen LogP contribution in [0, 0.1) is 5.92 Å². The normalized spacial score (nSPS) is 29.5. The maximum absolute atomic E-state index is 5.91. The molecule has 2 fully saturated rings. The van der Waals surface area contributed by atoms with E-state index in [-0.39, 0.29) is 0 Å². The average molecular weight is 233 g/mol. The Kier molecular flexibility index (Phi) is 3.24. The number of nitrogens with one attached hydrogen (secondary N) is 1. The van der Waals surface area contributed by atoms with Crippen LogP contribution in [-0.4, -0.2) is 6.04 Å². The van der Waals surface area contributed by atoms with Crippen molar-refractivity contribution in [3.8, 4) is 0 Å². The molecule has 1 aromatic rings. The highest BCUT2D eigenvalue weighted by molar-refractivity contribution is 5.17. The average Bonchev–Trinajstić information content (AvgIpc) is 2.92. The molecule has 2 heteroatoms. The van der Waals surface area contributed by atoms with E-state index in [1.807, 2.05) is 0 Å². The molecule has 0 bridgehead atoms. The Hall–Kier alpha value is -0.760. The van der Waals surface area contributed by atoms with Crippen LogP contribution in [0.25, 0.3) is 0 Å². The highest BCUT2D eigenvalue weighted by atomic mass is 16.3. The first-order valence-corrected chi connectivity index (χ1v) is 7.15. The second kappa shape index (κ2) is 4.85. The van der Waals surface area contributed by atoms with Gasteiger partial charge in [-0.15, -0.1) is 0 Å². The van der Waals surface area contributed by atoms with Crippen LogP contribution in [0.15, 0.2) is 16.5 Å². The topological polar surface area (TPSA) is 25.2 Å². The van der Waals surface area contributed by atoms with Gasteiger partial charge in [-0.2, -0.15) is 0 Å². The van der Waals surface area contributed by atoms with Gasteiger partial charge < -0.3 is 9.73 Å². The van der Waals surface area contributed by atoms with Crippen LogP contribution in [0.5, 0.6) is 0 Å². The van der Waals surface area contributed by atoms with Gasteiger partial charge in [-0.3, -0.25) is 0 Å². The first kappa shape index (κ1) is 11.3. The summed E-state index contributed by atoms with van der Waals surface area (Å²) in [6.45, 7) is 3.21. The second-order valence-corrected chi connectivity index (χ2v) is 5.84. The van der Waals surface area contributed by atoms with Gasteiger partial charge in [0.1, 0.15) is 11.5 Å². The molecule has 1 aromatic heterocycles. The number of hydrogen-bond acceptors (Lipinski definition) is 2. The molecule has 1 N–H and O–H groups in total. The van der Waals surface area contributed by atoms with Gasteiger partial charge in [-0.05, 0) is 37.3 Å². The van der Waals surface area contributed by atoms with Gasteiger partial charge in [0.25, 0.3) is 0 Å². The van der Waals surface area contributed by atoms with Gasteiger partial charge in [-0.1, -0.05) is 26.2 Å². The largest absolute Gasteiger partial charge is 0.464 e. The molecule has 2 nitrogen and oxygen atoms in total. The lowest BCUT2D eigenvalue weighted by Crippen LogP contribution is -2.30. The fraction of sp³-hybridized carbons (Fsp3) is 0.733. The van der Waals surface area contributed by atoms with E-state index < -0.39 is 0 Å². The molecule has 2 aliphatic rings. The van der Waals surface area contributed by atoms with E-state index >= 15 is 0 Å². The van der Waals surface area contributed by atoms with E-state index in [0.29, 0.717) is 5.92 Å². The van der Waals surface area contributed by atoms with Crippen LogP contribution < -0.4 is 5.32 Å². The summed E-state index contributed by atoms with van der Waals surface area (Å²) in [6.07, 6.45) is 8.19. The minimum atomic E-state index is 0.707. The summed E-state index contributed by atoms with van der Waals surface area (Å²) < 4.78 is 5.91. The van der Waals surface area contributed by atoms with Crippen LogP contribution >= 0.6 is 0 Å². The molecule has 0 radical (unpaired) electrons. The van der Waals surface area contributed by atoms with Gasteiger partial charge in [0.05, 0.1) is 6.54 Å². The van der Waals surface area contributed by atoms with Crippen LogP contribution in [0.4, 0.5) is 0 Å². The third-order valence-corrected chi connectivity index (χ3v) is 4.33. The lowest BCUT2D eigenvalue weighted by atomic mass is 9.95. The van der Waals surface area contributed by atoms with E-state index in [0.717, 1.165) is 24.3 Å². The summed E-state index contributed by atoms with van der Waals surface area (Å²) in [4.78, 5) is 0. The van der Waals surface area contributed by atoms with Gasteiger partial charge in [0.2, 0.25) is 0 Å². The maximum atomic E-state index is 5.91. The summed E-state index contributed by atoms with van der Waals surface area (Å²) in [5.74, 6) is 3.86. The van der Waals surface area contributed by atoms with E-state index in [1.165, 1.54) is 44.3 Å². The monoisotopic (exact) mass is 233 g/mol. The molecule has 2 atom stereocenters. The van der Waals surface area contributed by atoms with Crippen molar-refractivity contribution in [1.82, 2.24) is 5.32 Å². The van der Waals surface area contributed by atoms with Crippen molar-refractivity contribution < 1.29 is 4.42 Å². The Morgan fingerprint density at radius 3 is 2.71 bits per heavy atom. The van der Waals surface area contributed by atoms with E-state index in [2.05, 4.69) is 24.4 Å². The molecular weight excluding hydrogens is 210 g/mol. The van der Waals surface area contributed by atoms with Crippen molar-refractivity contribution >= 4 is 0 Å². The minimum Gasteiger partial charge on any atom is -0.464 e. The summed E-state index contributed by atoms with van der Waals surface area (Å²) >= 11 is 0. The van der Waals surface area contributed by atoms with E-state index in [1.54, 1.807) is 0 Å². The van der Waals surface area contributed by atoms with Crippen molar-refractivity contribution in [1.29, 1.82) is 0 Å². The lowest BCUT2D eigenvalue weighted by molar-refractivity contribution is 0.352. The number of furan rings is 1. The predicted octanol–water partition coefficient (Wildman–Crippen LogP) is 3.83. The molecule has 2 aliphatic carbocycles. The molecule has 2 unspecified atom stereocenters. The van der Waals surface area contributed by atoms with Crippen LogP contribution in [0.1, 0.15) is 62.9 Å². The van der Waals surface area contributed by atoms with Crippen molar-refractivity contribution in [2.45, 2.75) is 64.0 Å². The summed E-state index contributed by atoms with van der Waals surface area (Å²) in [5, 5.41) is 3.63. The molecular formula is C15H23NO. The molecule has 0 amide bonds. The fourth-order valence-electron chi connectivity index (χ4n) is 2.96. The fourth-order valence-corrected chi connectivity index (χ4v) is 2.96. The molecule has 3 rings (SSSR count).